The Bertz CT molecular complexity index is 857. The number of nitrogens with one attached hydrogen (secondary N) is 3. The number of aliphatic carboxylic acids is 1. The Balaban J connectivity index is 2.29. The maximum absolute atomic E-state index is 12.8. The molecule has 2 bridgehead atoms. The predicted octanol–water partition coefficient (Wildman–Crippen LogP) is -0.572. The van der Waals surface area contributed by atoms with E-state index in [0.717, 1.165) is 11.1 Å². The van der Waals surface area contributed by atoms with Crippen LogP contribution >= 0.6 is 0 Å². The van der Waals surface area contributed by atoms with Crippen LogP contribution in [0.5, 0.6) is 0 Å². The number of fused-ring (bicyclic) bond motifs is 2. The van der Waals surface area contributed by atoms with Crippen molar-refractivity contribution in [3.8, 4) is 0 Å². The molecule has 3 atom stereocenters. The second-order valence-electron chi connectivity index (χ2n) is 8.26. The molecule has 1 heterocycles. The Morgan fingerprint density at radius 3 is 2.62 bits per heavy atom. The molecule has 1 aliphatic heterocycles. The summed E-state index contributed by atoms with van der Waals surface area (Å²) in [6.45, 7) is 5.01. The van der Waals surface area contributed by atoms with Crippen molar-refractivity contribution in [2.45, 2.75) is 51.8 Å². The Hall–Kier alpha value is -2.98. The maximum atomic E-state index is 12.8. The van der Waals surface area contributed by atoms with Gasteiger partial charge in [-0.05, 0) is 56.9 Å². The first-order valence-electron chi connectivity index (χ1n) is 10.7. The molecule has 1 aromatic carbocycles. The van der Waals surface area contributed by atoms with Crippen molar-refractivity contribution in [1.29, 1.82) is 0 Å². The van der Waals surface area contributed by atoms with Gasteiger partial charge in [-0.25, -0.2) is 0 Å². The Kier molecular flexibility index (Phi) is 9.15. The smallest absolute Gasteiger partial charge is 0.317 e. The average molecular weight is 449 g/mol. The van der Waals surface area contributed by atoms with E-state index in [4.69, 9.17) is 5.11 Å². The maximum Gasteiger partial charge on any atom is 0.317 e. The number of carboxylic acid groups (broad SMARTS) is 1. The fraction of sp³-hybridized carbons (Fsp3) is 0.545. The zero-order valence-electron chi connectivity index (χ0n) is 18.7. The molecular formula is C22H32N4O6. The van der Waals surface area contributed by atoms with Crippen molar-refractivity contribution in [2.24, 2.45) is 0 Å². The number of amides is 3. The molecule has 0 saturated heterocycles. The molecule has 32 heavy (non-hydrogen) atoms. The number of aliphatic hydroxyl groups excluding tert-OH is 1. The van der Waals surface area contributed by atoms with Crippen molar-refractivity contribution < 1.29 is 29.4 Å². The van der Waals surface area contributed by atoms with Crippen LogP contribution in [-0.2, 0) is 20.8 Å². The summed E-state index contributed by atoms with van der Waals surface area (Å²) >= 11 is 0. The van der Waals surface area contributed by atoms with Gasteiger partial charge in [0.05, 0.1) is 19.2 Å². The average Bonchev–Trinajstić information content (AvgIpc) is 2.68. The van der Waals surface area contributed by atoms with E-state index in [0.29, 0.717) is 24.9 Å². The Morgan fingerprint density at radius 2 is 1.97 bits per heavy atom. The van der Waals surface area contributed by atoms with Crippen LogP contribution in [0.4, 0.5) is 0 Å². The van der Waals surface area contributed by atoms with E-state index in [2.05, 4.69) is 16.0 Å². The van der Waals surface area contributed by atoms with Crippen LogP contribution in [0, 0.1) is 6.92 Å². The fourth-order valence-electron chi connectivity index (χ4n) is 3.62. The predicted molar refractivity (Wildman–Crippen MR) is 117 cm³/mol. The molecule has 5 N–H and O–H groups in total. The van der Waals surface area contributed by atoms with Crippen LogP contribution in [0.3, 0.4) is 0 Å². The van der Waals surface area contributed by atoms with Crippen LogP contribution in [0.25, 0.3) is 0 Å². The molecule has 2 rings (SSSR count). The van der Waals surface area contributed by atoms with E-state index in [1.54, 1.807) is 19.1 Å². The number of hydrogen-bond acceptors (Lipinski definition) is 6. The molecule has 1 aromatic rings. The first-order chi connectivity index (χ1) is 15.1. The van der Waals surface area contributed by atoms with Gasteiger partial charge in [-0.2, -0.15) is 0 Å². The highest BCUT2D eigenvalue weighted by atomic mass is 16.4. The van der Waals surface area contributed by atoms with Gasteiger partial charge < -0.3 is 26.2 Å². The molecule has 0 saturated carbocycles. The van der Waals surface area contributed by atoms with E-state index in [9.17, 15) is 24.3 Å². The highest BCUT2D eigenvalue weighted by molar-refractivity contribution is 5.98. The van der Waals surface area contributed by atoms with Crippen LogP contribution < -0.4 is 16.0 Å². The molecule has 0 aromatic heterocycles. The van der Waals surface area contributed by atoms with Crippen molar-refractivity contribution in [3.63, 3.8) is 0 Å². The molecule has 10 nitrogen and oxygen atoms in total. The third-order valence-corrected chi connectivity index (χ3v) is 5.25. The van der Waals surface area contributed by atoms with Gasteiger partial charge in [0.15, 0.2) is 0 Å². The van der Waals surface area contributed by atoms with Gasteiger partial charge in [-0.15, -0.1) is 0 Å². The number of hydrogen-bond donors (Lipinski definition) is 5. The zero-order chi connectivity index (χ0) is 23.8. The zero-order valence-corrected chi connectivity index (χ0v) is 18.7. The van der Waals surface area contributed by atoms with Crippen LogP contribution in [-0.4, -0.2) is 83.2 Å². The lowest BCUT2D eigenvalue weighted by atomic mass is 10.00. The summed E-state index contributed by atoms with van der Waals surface area (Å²) in [5, 5.41) is 27.3. The van der Waals surface area contributed by atoms with Crippen LogP contribution in [0.2, 0.25) is 0 Å². The second-order valence-corrected chi connectivity index (χ2v) is 8.26. The molecule has 10 heteroatoms. The lowest BCUT2D eigenvalue weighted by molar-refractivity contribution is -0.138. The fourth-order valence-corrected chi connectivity index (χ4v) is 3.62. The van der Waals surface area contributed by atoms with Gasteiger partial charge in [-0.3, -0.25) is 24.1 Å². The molecule has 0 unspecified atom stereocenters. The van der Waals surface area contributed by atoms with Gasteiger partial charge in [0, 0.05) is 24.7 Å². The minimum atomic E-state index is -1.19. The van der Waals surface area contributed by atoms with Crippen molar-refractivity contribution in [1.82, 2.24) is 20.9 Å². The summed E-state index contributed by atoms with van der Waals surface area (Å²) in [6.07, 6.45) is 0.117. The molecule has 176 valence electrons. The molecular weight excluding hydrogens is 416 g/mol. The van der Waals surface area contributed by atoms with E-state index in [-0.39, 0.29) is 25.5 Å². The lowest BCUT2D eigenvalue weighted by Gasteiger charge is -2.27. The largest absolute Gasteiger partial charge is 0.480 e. The van der Waals surface area contributed by atoms with Gasteiger partial charge in [0.2, 0.25) is 11.8 Å². The molecule has 3 amide bonds. The first-order valence-corrected chi connectivity index (χ1v) is 10.7. The molecule has 0 radical (unpaired) electrons. The Labute approximate surface area is 187 Å². The number of nitrogens with zero attached hydrogens (tertiary/aromatic N) is 1. The summed E-state index contributed by atoms with van der Waals surface area (Å²) in [5.41, 5.74) is 2.31. The van der Waals surface area contributed by atoms with Crippen molar-refractivity contribution in [3.05, 3.63) is 34.9 Å². The number of rotatable bonds is 3. The van der Waals surface area contributed by atoms with Gasteiger partial charge in [0.1, 0.15) is 6.04 Å². The third-order valence-electron chi connectivity index (χ3n) is 5.25. The number of carboxylic acids is 1. The van der Waals surface area contributed by atoms with E-state index in [1.807, 2.05) is 13.0 Å². The SMILES string of the molecule is Cc1ccc2cc1CCCNC(=O)CN(CC(=O)O)C[C@@H](C)NC(=O)[C@H]([C@@H](C)O)NC2=O. The summed E-state index contributed by atoms with van der Waals surface area (Å²) < 4.78 is 0. The van der Waals surface area contributed by atoms with Gasteiger partial charge >= 0.3 is 5.97 Å². The topological polar surface area (TPSA) is 148 Å². The van der Waals surface area contributed by atoms with E-state index >= 15 is 0 Å². The highest BCUT2D eigenvalue weighted by Crippen LogP contribution is 2.14. The normalized spacial score (nSPS) is 22.8. The van der Waals surface area contributed by atoms with E-state index < -0.39 is 36.0 Å². The standard InChI is InChI=1S/C22H32N4O6/c1-13-6-7-17-9-16(13)5-4-8-23-18(28)11-26(12-19(29)30)10-14(2)24-22(32)20(15(3)27)25-21(17)31/h6-7,9,14-15,20,27H,4-5,8,10-12H2,1-3H3,(H,23,28)(H,24,32)(H,25,31)(H,29,30)/t14-,15-,20+/m1/s1. The number of carbonyl (C=O) groups excluding carboxylic acids is 3. The number of carbonyl (C=O) groups is 4. The Morgan fingerprint density at radius 1 is 1.25 bits per heavy atom. The number of aliphatic hydroxyl groups is 1. The highest BCUT2D eigenvalue weighted by Gasteiger charge is 2.28. The summed E-state index contributed by atoms with van der Waals surface area (Å²) in [7, 11) is 0. The molecule has 0 aliphatic carbocycles. The lowest BCUT2D eigenvalue weighted by Crippen LogP contribution is -2.56. The molecule has 1 aliphatic rings. The molecule has 0 spiro atoms. The monoisotopic (exact) mass is 448 g/mol. The van der Waals surface area contributed by atoms with E-state index in [1.165, 1.54) is 11.8 Å². The van der Waals surface area contributed by atoms with Crippen molar-refractivity contribution >= 4 is 23.7 Å². The van der Waals surface area contributed by atoms with Crippen molar-refractivity contribution in [2.75, 3.05) is 26.2 Å². The van der Waals surface area contributed by atoms with Crippen LogP contribution in [0.15, 0.2) is 18.2 Å². The third kappa shape index (κ3) is 7.61. The summed E-state index contributed by atoms with van der Waals surface area (Å²) in [4.78, 5) is 50.4. The minimum absolute atomic E-state index is 0.103. The van der Waals surface area contributed by atoms with Gasteiger partial charge in [-0.1, -0.05) is 6.07 Å². The van der Waals surface area contributed by atoms with Gasteiger partial charge in [0.25, 0.3) is 5.91 Å². The summed E-state index contributed by atoms with van der Waals surface area (Å²) in [5.74, 6) is -2.48. The molecule has 0 fully saturated rings. The van der Waals surface area contributed by atoms with Crippen LogP contribution in [0.1, 0.15) is 41.8 Å². The first kappa shape index (κ1) is 25.3. The minimum Gasteiger partial charge on any atom is -0.480 e. The quantitative estimate of drug-likeness (QED) is 0.416. The second kappa shape index (κ2) is 11.6. The number of aryl methyl sites for hydroxylation is 2. The number of benzene rings is 1. The summed E-state index contributed by atoms with van der Waals surface area (Å²) in [6, 6.07) is 3.50.